The zero-order chi connectivity index (χ0) is 14.1. The Morgan fingerprint density at radius 3 is 2.90 bits per heavy atom. The number of aromatic nitrogens is 2. The van der Waals surface area contributed by atoms with E-state index in [-0.39, 0.29) is 11.8 Å². The highest BCUT2D eigenvalue weighted by Crippen LogP contribution is 2.38. The summed E-state index contributed by atoms with van der Waals surface area (Å²) in [4.78, 5) is 4.46. The van der Waals surface area contributed by atoms with Crippen LogP contribution in [0.1, 0.15) is 43.0 Å². The van der Waals surface area contributed by atoms with Crippen LogP contribution in [0.15, 0.2) is 22.7 Å². The molecule has 0 aliphatic carbocycles. The van der Waals surface area contributed by atoms with Crippen LogP contribution in [0.5, 0.6) is 11.5 Å². The van der Waals surface area contributed by atoms with Crippen LogP contribution in [0.2, 0.25) is 0 Å². The molecule has 3 rings (SSSR count). The maximum atomic E-state index is 5.83. The van der Waals surface area contributed by atoms with Gasteiger partial charge in [0.15, 0.2) is 17.3 Å². The first-order chi connectivity index (χ1) is 9.69. The third-order valence-electron chi connectivity index (χ3n) is 3.50. The summed E-state index contributed by atoms with van der Waals surface area (Å²) in [6, 6.07) is 5.92. The van der Waals surface area contributed by atoms with Crippen LogP contribution in [0.3, 0.4) is 0 Å². The van der Waals surface area contributed by atoms with Crippen molar-refractivity contribution in [2.75, 3.05) is 13.7 Å². The summed E-state index contributed by atoms with van der Waals surface area (Å²) in [5, 5.41) is 4.01. The molecule has 2 heterocycles. The average molecular weight is 274 g/mol. The van der Waals surface area contributed by atoms with E-state index in [2.05, 4.69) is 10.1 Å². The third kappa shape index (κ3) is 2.24. The molecule has 0 N–H and O–H groups in total. The molecule has 1 aromatic carbocycles. The van der Waals surface area contributed by atoms with Crippen molar-refractivity contribution in [1.29, 1.82) is 0 Å². The lowest BCUT2D eigenvalue weighted by atomic mass is 9.96. The molecule has 0 unspecified atom stereocenters. The second-order valence-corrected chi connectivity index (χ2v) is 5.31. The lowest BCUT2D eigenvalue weighted by molar-refractivity contribution is 0.220. The minimum absolute atomic E-state index is 0.106. The second kappa shape index (κ2) is 5.15. The molecule has 0 amide bonds. The first kappa shape index (κ1) is 13.0. The van der Waals surface area contributed by atoms with Crippen LogP contribution in [-0.4, -0.2) is 23.9 Å². The van der Waals surface area contributed by atoms with Crippen molar-refractivity contribution in [1.82, 2.24) is 10.1 Å². The minimum atomic E-state index is 0.106. The molecule has 0 bridgehead atoms. The van der Waals surface area contributed by atoms with E-state index in [4.69, 9.17) is 14.0 Å². The number of fused-ring (bicyclic) bond motifs is 1. The fourth-order valence-corrected chi connectivity index (χ4v) is 2.36. The summed E-state index contributed by atoms with van der Waals surface area (Å²) >= 11 is 0. The molecule has 0 saturated heterocycles. The number of methoxy groups -OCH3 is 1. The van der Waals surface area contributed by atoms with Gasteiger partial charge in [0, 0.05) is 5.92 Å². The molecule has 1 aliphatic heterocycles. The standard InChI is InChI=1S/C15H18N2O3/c1-9(2)14-16-15(20-17-14)11-7-10-5-4-6-12(18-3)13(10)19-8-11/h4-6,9,11H,7-8H2,1-3H3/t11-/m1/s1. The number of rotatable bonds is 3. The van der Waals surface area contributed by atoms with Crippen molar-refractivity contribution in [2.45, 2.75) is 32.1 Å². The number of para-hydroxylation sites is 1. The van der Waals surface area contributed by atoms with E-state index in [1.54, 1.807) is 7.11 Å². The van der Waals surface area contributed by atoms with Crippen molar-refractivity contribution >= 4 is 0 Å². The number of ether oxygens (including phenoxy) is 2. The Balaban J connectivity index is 1.84. The van der Waals surface area contributed by atoms with Gasteiger partial charge in [-0.05, 0) is 18.1 Å². The fraction of sp³-hybridized carbons (Fsp3) is 0.467. The molecule has 1 aromatic heterocycles. The van der Waals surface area contributed by atoms with Crippen LogP contribution in [0, 0.1) is 0 Å². The lowest BCUT2D eigenvalue weighted by Gasteiger charge is -2.24. The van der Waals surface area contributed by atoms with E-state index in [9.17, 15) is 0 Å². The van der Waals surface area contributed by atoms with Gasteiger partial charge in [0.1, 0.15) is 6.61 Å². The number of hydrogen-bond donors (Lipinski definition) is 0. The van der Waals surface area contributed by atoms with Gasteiger partial charge in [0.05, 0.1) is 13.0 Å². The van der Waals surface area contributed by atoms with Gasteiger partial charge in [0.25, 0.3) is 0 Å². The van der Waals surface area contributed by atoms with E-state index < -0.39 is 0 Å². The molecule has 0 saturated carbocycles. The molecule has 1 atom stereocenters. The number of benzene rings is 1. The molecule has 106 valence electrons. The zero-order valence-electron chi connectivity index (χ0n) is 11.9. The van der Waals surface area contributed by atoms with Crippen molar-refractivity contribution in [2.24, 2.45) is 0 Å². The molecule has 1 aliphatic rings. The molecule has 20 heavy (non-hydrogen) atoms. The Morgan fingerprint density at radius 2 is 2.20 bits per heavy atom. The highest BCUT2D eigenvalue weighted by molar-refractivity contribution is 5.48. The maximum Gasteiger partial charge on any atom is 0.233 e. The molecule has 0 radical (unpaired) electrons. The SMILES string of the molecule is COc1cccc2c1OC[C@H](c1nc(C(C)C)no1)C2. The van der Waals surface area contributed by atoms with Crippen LogP contribution in [0.25, 0.3) is 0 Å². The van der Waals surface area contributed by atoms with E-state index in [0.717, 1.165) is 29.3 Å². The van der Waals surface area contributed by atoms with E-state index in [1.165, 1.54) is 0 Å². The number of nitrogens with zero attached hydrogens (tertiary/aromatic N) is 2. The van der Waals surface area contributed by atoms with Gasteiger partial charge in [-0.3, -0.25) is 0 Å². The normalized spacial score (nSPS) is 17.7. The molecule has 5 nitrogen and oxygen atoms in total. The summed E-state index contributed by atoms with van der Waals surface area (Å²) in [6.45, 7) is 4.63. The summed E-state index contributed by atoms with van der Waals surface area (Å²) in [6.07, 6.45) is 0.826. The predicted octanol–water partition coefficient (Wildman–Crippen LogP) is 2.92. The Morgan fingerprint density at radius 1 is 1.35 bits per heavy atom. The first-order valence-corrected chi connectivity index (χ1v) is 6.81. The number of hydrogen-bond acceptors (Lipinski definition) is 5. The monoisotopic (exact) mass is 274 g/mol. The third-order valence-corrected chi connectivity index (χ3v) is 3.50. The molecular formula is C15H18N2O3. The van der Waals surface area contributed by atoms with Crippen molar-refractivity contribution < 1.29 is 14.0 Å². The second-order valence-electron chi connectivity index (χ2n) is 5.31. The van der Waals surface area contributed by atoms with E-state index >= 15 is 0 Å². The van der Waals surface area contributed by atoms with Gasteiger partial charge in [0.2, 0.25) is 5.89 Å². The Kier molecular flexibility index (Phi) is 3.34. The first-order valence-electron chi connectivity index (χ1n) is 6.81. The molecule has 5 heteroatoms. The summed E-state index contributed by atoms with van der Waals surface area (Å²) in [5.74, 6) is 3.38. The fourth-order valence-electron chi connectivity index (χ4n) is 2.36. The highest BCUT2D eigenvalue weighted by Gasteiger charge is 2.28. The van der Waals surface area contributed by atoms with Crippen LogP contribution in [0.4, 0.5) is 0 Å². The topological polar surface area (TPSA) is 57.4 Å². The Bertz CT molecular complexity index is 607. The van der Waals surface area contributed by atoms with Gasteiger partial charge in [-0.1, -0.05) is 31.1 Å². The Labute approximate surface area is 117 Å². The minimum Gasteiger partial charge on any atom is -0.493 e. The van der Waals surface area contributed by atoms with Crippen LogP contribution in [-0.2, 0) is 6.42 Å². The largest absolute Gasteiger partial charge is 0.493 e. The summed E-state index contributed by atoms with van der Waals surface area (Å²) in [7, 11) is 1.65. The summed E-state index contributed by atoms with van der Waals surface area (Å²) in [5.41, 5.74) is 1.12. The highest BCUT2D eigenvalue weighted by atomic mass is 16.5. The van der Waals surface area contributed by atoms with E-state index in [0.29, 0.717) is 12.5 Å². The molecular weight excluding hydrogens is 256 g/mol. The van der Waals surface area contributed by atoms with Crippen LogP contribution < -0.4 is 9.47 Å². The smallest absolute Gasteiger partial charge is 0.233 e. The van der Waals surface area contributed by atoms with Gasteiger partial charge < -0.3 is 14.0 Å². The Hall–Kier alpha value is -2.04. The lowest BCUT2D eigenvalue weighted by Crippen LogP contribution is -2.20. The van der Waals surface area contributed by atoms with Gasteiger partial charge >= 0.3 is 0 Å². The molecule has 2 aromatic rings. The van der Waals surface area contributed by atoms with E-state index in [1.807, 2.05) is 32.0 Å². The van der Waals surface area contributed by atoms with Crippen molar-refractivity contribution in [3.8, 4) is 11.5 Å². The quantitative estimate of drug-likeness (QED) is 0.861. The summed E-state index contributed by atoms with van der Waals surface area (Å²) < 4.78 is 16.5. The zero-order valence-corrected chi connectivity index (χ0v) is 11.9. The van der Waals surface area contributed by atoms with Crippen molar-refractivity contribution in [3.63, 3.8) is 0 Å². The van der Waals surface area contributed by atoms with Gasteiger partial charge in [-0.15, -0.1) is 0 Å². The van der Waals surface area contributed by atoms with Gasteiger partial charge in [-0.25, -0.2) is 0 Å². The molecule has 0 fully saturated rings. The molecule has 0 spiro atoms. The average Bonchev–Trinajstić information content (AvgIpc) is 2.96. The van der Waals surface area contributed by atoms with Crippen molar-refractivity contribution in [3.05, 3.63) is 35.5 Å². The predicted molar refractivity (Wildman–Crippen MR) is 73.3 cm³/mol. The van der Waals surface area contributed by atoms with Crippen LogP contribution >= 0.6 is 0 Å². The van der Waals surface area contributed by atoms with Gasteiger partial charge in [-0.2, -0.15) is 4.98 Å². The maximum absolute atomic E-state index is 5.83.